The molecule has 0 N–H and O–H groups in total. The Morgan fingerprint density at radius 3 is 2.19 bits per heavy atom. The third kappa shape index (κ3) is 4.85. The van der Waals surface area contributed by atoms with Gasteiger partial charge in [0.05, 0.1) is 13.0 Å². The number of carbonyl (C=O) groups excluding carboxylic acids is 2. The van der Waals surface area contributed by atoms with E-state index in [2.05, 4.69) is 0 Å². The van der Waals surface area contributed by atoms with Crippen LogP contribution in [0.4, 0.5) is 0 Å². The summed E-state index contributed by atoms with van der Waals surface area (Å²) < 4.78 is 10.5. The minimum Gasteiger partial charge on any atom is -0.489 e. The molecule has 1 amide bonds. The number of hydrogen-bond acceptors (Lipinski definition) is 4. The molecule has 0 saturated carbocycles. The first-order valence-corrected chi connectivity index (χ1v) is 8.55. The van der Waals surface area contributed by atoms with Gasteiger partial charge in [0.2, 0.25) is 5.91 Å². The van der Waals surface area contributed by atoms with Crippen molar-refractivity contribution >= 4 is 11.9 Å². The van der Waals surface area contributed by atoms with Gasteiger partial charge in [-0.25, -0.2) is 4.79 Å². The van der Waals surface area contributed by atoms with Crippen molar-refractivity contribution in [3.8, 4) is 5.75 Å². The molecule has 0 bridgehead atoms. The van der Waals surface area contributed by atoms with Crippen molar-refractivity contribution in [3.63, 3.8) is 0 Å². The van der Waals surface area contributed by atoms with Gasteiger partial charge in [-0.05, 0) is 37.1 Å². The van der Waals surface area contributed by atoms with E-state index in [-0.39, 0.29) is 11.8 Å². The van der Waals surface area contributed by atoms with Crippen LogP contribution in [-0.2, 0) is 20.9 Å². The quantitative estimate of drug-likeness (QED) is 0.715. The summed E-state index contributed by atoms with van der Waals surface area (Å²) in [6.45, 7) is 3.97. The normalized spacial score (nSPS) is 12.8. The van der Waals surface area contributed by atoms with E-state index in [0.29, 0.717) is 6.61 Å². The Kier molecular flexibility index (Phi) is 6.78. The molecule has 2 unspecified atom stereocenters. The van der Waals surface area contributed by atoms with Gasteiger partial charge < -0.3 is 14.4 Å². The largest absolute Gasteiger partial charge is 0.489 e. The fourth-order valence-corrected chi connectivity index (χ4v) is 2.56. The first-order valence-electron chi connectivity index (χ1n) is 8.55. The number of nitrogens with zero attached hydrogens (tertiary/aromatic N) is 1. The summed E-state index contributed by atoms with van der Waals surface area (Å²) >= 11 is 0. The molecule has 26 heavy (non-hydrogen) atoms. The Balaban J connectivity index is 1.98. The minimum atomic E-state index is -0.622. The lowest BCUT2D eigenvalue weighted by atomic mass is 9.99. The molecule has 2 atom stereocenters. The van der Waals surface area contributed by atoms with Crippen LogP contribution < -0.4 is 4.74 Å². The van der Waals surface area contributed by atoms with Crippen LogP contribution in [0.2, 0.25) is 0 Å². The molecule has 0 aromatic heterocycles. The van der Waals surface area contributed by atoms with Crippen LogP contribution in [0.1, 0.15) is 30.9 Å². The van der Waals surface area contributed by atoms with E-state index in [1.807, 2.05) is 61.5 Å². The maximum absolute atomic E-state index is 12.6. The summed E-state index contributed by atoms with van der Waals surface area (Å²) in [5.41, 5.74) is 1.96. The molecule has 0 saturated heterocycles. The Morgan fingerprint density at radius 2 is 1.62 bits per heavy atom. The number of methoxy groups -OCH3 is 1. The topological polar surface area (TPSA) is 55.8 Å². The summed E-state index contributed by atoms with van der Waals surface area (Å²) in [7, 11) is 2.92. The van der Waals surface area contributed by atoms with Crippen LogP contribution in [0.3, 0.4) is 0 Å². The molecule has 0 radical (unpaired) electrons. The van der Waals surface area contributed by atoms with Gasteiger partial charge in [-0.1, -0.05) is 42.5 Å². The van der Waals surface area contributed by atoms with Crippen molar-refractivity contribution in [3.05, 3.63) is 65.7 Å². The Hall–Kier alpha value is -2.82. The number of rotatable bonds is 7. The zero-order chi connectivity index (χ0) is 19.1. The number of ether oxygens (including phenoxy) is 2. The minimum absolute atomic E-state index is 0.138. The second-order valence-corrected chi connectivity index (χ2v) is 6.21. The highest BCUT2D eigenvalue weighted by molar-refractivity contribution is 5.88. The maximum Gasteiger partial charge on any atom is 0.328 e. The van der Waals surface area contributed by atoms with Gasteiger partial charge in [-0.15, -0.1) is 0 Å². The molecular weight excluding hydrogens is 330 g/mol. The van der Waals surface area contributed by atoms with Gasteiger partial charge in [-0.2, -0.15) is 0 Å². The van der Waals surface area contributed by atoms with Crippen molar-refractivity contribution in [2.24, 2.45) is 0 Å². The molecule has 2 aromatic rings. The van der Waals surface area contributed by atoms with Crippen LogP contribution in [-0.4, -0.2) is 37.0 Å². The number of hydrogen-bond donors (Lipinski definition) is 0. The van der Waals surface area contributed by atoms with Crippen LogP contribution >= 0.6 is 0 Å². The van der Waals surface area contributed by atoms with Crippen LogP contribution in [0.25, 0.3) is 0 Å². The smallest absolute Gasteiger partial charge is 0.328 e. The maximum atomic E-state index is 12.6. The third-order valence-corrected chi connectivity index (χ3v) is 4.47. The fourth-order valence-electron chi connectivity index (χ4n) is 2.56. The van der Waals surface area contributed by atoms with Crippen molar-refractivity contribution < 1.29 is 19.1 Å². The lowest BCUT2D eigenvalue weighted by molar-refractivity contribution is -0.151. The van der Waals surface area contributed by atoms with E-state index in [1.165, 1.54) is 12.0 Å². The van der Waals surface area contributed by atoms with E-state index >= 15 is 0 Å². The Morgan fingerprint density at radius 1 is 1.00 bits per heavy atom. The Labute approximate surface area is 154 Å². The van der Waals surface area contributed by atoms with Gasteiger partial charge in [0.25, 0.3) is 0 Å². The second-order valence-electron chi connectivity index (χ2n) is 6.21. The molecule has 2 aromatic carbocycles. The molecule has 0 aliphatic rings. The second kappa shape index (κ2) is 9.04. The van der Waals surface area contributed by atoms with Crippen molar-refractivity contribution in [2.75, 3.05) is 14.2 Å². The number of amides is 1. The Bertz CT molecular complexity index is 727. The number of carbonyl (C=O) groups is 2. The number of benzene rings is 2. The highest BCUT2D eigenvalue weighted by Gasteiger charge is 2.27. The summed E-state index contributed by atoms with van der Waals surface area (Å²) in [5.74, 6) is -0.192. The third-order valence-electron chi connectivity index (χ3n) is 4.47. The summed E-state index contributed by atoms with van der Waals surface area (Å²) in [5, 5.41) is 0. The molecule has 0 fully saturated rings. The molecule has 0 aliphatic carbocycles. The van der Waals surface area contributed by atoms with Gasteiger partial charge in [0, 0.05) is 7.05 Å². The molecular formula is C21H25NO4. The number of esters is 1. The standard InChI is InChI=1S/C21H25NO4/c1-15(20(23)22(3)16(2)21(24)25-4)18-10-12-19(13-11-18)26-14-17-8-6-5-7-9-17/h5-13,15-16H,14H2,1-4H3. The summed E-state index contributed by atoms with van der Waals surface area (Å²) in [4.78, 5) is 25.6. The molecule has 5 heteroatoms. The predicted molar refractivity (Wildman–Crippen MR) is 99.9 cm³/mol. The van der Waals surface area contributed by atoms with E-state index in [0.717, 1.165) is 16.9 Å². The van der Waals surface area contributed by atoms with Crippen molar-refractivity contribution in [1.29, 1.82) is 0 Å². The summed E-state index contributed by atoms with van der Waals surface area (Å²) in [6, 6.07) is 16.8. The van der Waals surface area contributed by atoms with Crippen LogP contribution in [0, 0.1) is 0 Å². The highest BCUT2D eigenvalue weighted by Crippen LogP contribution is 2.22. The average Bonchev–Trinajstić information content (AvgIpc) is 2.70. The van der Waals surface area contributed by atoms with Gasteiger partial charge >= 0.3 is 5.97 Å². The van der Waals surface area contributed by atoms with Gasteiger partial charge in [-0.3, -0.25) is 4.79 Å². The van der Waals surface area contributed by atoms with E-state index in [1.54, 1.807) is 14.0 Å². The molecule has 2 rings (SSSR count). The first kappa shape index (κ1) is 19.5. The van der Waals surface area contributed by atoms with E-state index in [4.69, 9.17) is 9.47 Å². The average molecular weight is 355 g/mol. The molecule has 0 heterocycles. The molecule has 0 spiro atoms. The van der Waals surface area contributed by atoms with Crippen LogP contribution in [0.15, 0.2) is 54.6 Å². The van der Waals surface area contributed by atoms with Gasteiger partial charge in [0.15, 0.2) is 0 Å². The SMILES string of the molecule is COC(=O)C(C)N(C)C(=O)C(C)c1ccc(OCc2ccccc2)cc1. The van der Waals surface area contributed by atoms with E-state index in [9.17, 15) is 9.59 Å². The lowest BCUT2D eigenvalue weighted by Crippen LogP contribution is -2.42. The number of likely N-dealkylation sites (N-methyl/N-ethyl adjacent to an activating group) is 1. The molecule has 5 nitrogen and oxygen atoms in total. The highest BCUT2D eigenvalue weighted by atomic mass is 16.5. The van der Waals surface area contributed by atoms with Crippen molar-refractivity contribution in [2.45, 2.75) is 32.4 Å². The molecule has 0 aliphatic heterocycles. The zero-order valence-electron chi connectivity index (χ0n) is 15.6. The molecule has 138 valence electrons. The first-order chi connectivity index (χ1) is 12.4. The zero-order valence-corrected chi connectivity index (χ0v) is 15.6. The van der Waals surface area contributed by atoms with Crippen molar-refractivity contribution in [1.82, 2.24) is 4.90 Å². The lowest BCUT2D eigenvalue weighted by Gasteiger charge is -2.26. The summed E-state index contributed by atoms with van der Waals surface area (Å²) in [6.07, 6.45) is 0. The van der Waals surface area contributed by atoms with E-state index < -0.39 is 12.0 Å². The monoisotopic (exact) mass is 355 g/mol. The predicted octanol–water partition coefficient (Wildman–Crippen LogP) is 3.39. The van der Waals surface area contributed by atoms with Gasteiger partial charge in [0.1, 0.15) is 18.4 Å². The van der Waals surface area contributed by atoms with Crippen LogP contribution in [0.5, 0.6) is 5.75 Å². The fraction of sp³-hybridized carbons (Fsp3) is 0.333.